The molecule has 0 aliphatic carbocycles. The van der Waals surface area contributed by atoms with Gasteiger partial charge in [-0.2, -0.15) is 0 Å². The minimum absolute atomic E-state index is 0.663. The fraction of sp³-hybridized carbons (Fsp3) is 0.429. The standard InChI is InChI=1S/C14H19IS5/c1-8(2)16-11-6-9-13(18-11)14-10(17-9)7-12(19-14)20(3,4,5)15/h6-8,20H,1-5H3. The second-order valence-electron chi connectivity index (χ2n) is 6.41. The maximum atomic E-state index is 2.70. The lowest BCUT2D eigenvalue weighted by Gasteiger charge is -2.43. The van der Waals surface area contributed by atoms with Gasteiger partial charge in [0.05, 0.1) is 13.6 Å². The number of hydrogen-bond acceptors (Lipinski definition) is 4. The summed E-state index contributed by atoms with van der Waals surface area (Å²) in [4.78, 5) is 0. The molecule has 0 aliphatic heterocycles. The normalized spacial score (nSPS) is 15.2. The molecule has 0 nitrogen and oxygen atoms in total. The third-order valence-corrected chi connectivity index (χ3v) is 14.0. The first kappa shape index (κ1) is 15.9. The summed E-state index contributed by atoms with van der Waals surface area (Å²) in [6, 6.07) is 4.84. The lowest BCUT2D eigenvalue weighted by Crippen LogP contribution is -2.00. The zero-order chi connectivity index (χ0) is 14.7. The van der Waals surface area contributed by atoms with E-state index in [2.05, 4.69) is 66.0 Å². The van der Waals surface area contributed by atoms with Crippen molar-refractivity contribution in [2.45, 2.75) is 27.5 Å². The van der Waals surface area contributed by atoms with E-state index in [4.69, 9.17) is 0 Å². The zero-order valence-corrected chi connectivity index (χ0v) is 18.5. The summed E-state index contributed by atoms with van der Waals surface area (Å²) in [7, 11) is 0. The Bertz CT molecular complexity index is 772. The monoisotopic (exact) mass is 474 g/mol. The van der Waals surface area contributed by atoms with Crippen LogP contribution in [0.4, 0.5) is 0 Å². The molecule has 0 fully saturated rings. The third-order valence-electron chi connectivity index (χ3n) is 2.88. The Kier molecular flexibility index (Phi) is 4.00. The van der Waals surface area contributed by atoms with Crippen molar-refractivity contribution in [1.29, 1.82) is 0 Å². The molecule has 3 aromatic heterocycles. The number of thiol groups is 1. The van der Waals surface area contributed by atoms with E-state index in [9.17, 15) is 0 Å². The lowest BCUT2D eigenvalue weighted by atomic mass is 10.5. The minimum Gasteiger partial charge on any atom is -0.219 e. The molecule has 3 aromatic rings. The molecule has 0 saturated heterocycles. The fourth-order valence-corrected chi connectivity index (χ4v) is 10.7. The van der Waals surface area contributed by atoms with Crippen LogP contribution in [-0.4, -0.2) is 24.0 Å². The van der Waals surface area contributed by atoms with Crippen LogP contribution in [0.25, 0.3) is 18.8 Å². The van der Waals surface area contributed by atoms with E-state index in [0.29, 0.717) is 5.25 Å². The second kappa shape index (κ2) is 5.03. The molecule has 0 saturated carbocycles. The van der Waals surface area contributed by atoms with Gasteiger partial charge in [-0.1, -0.05) is 13.8 Å². The molecule has 3 heterocycles. The highest BCUT2D eigenvalue weighted by atomic mass is 127. The van der Waals surface area contributed by atoms with Crippen LogP contribution in [0, 0.1) is 0 Å². The van der Waals surface area contributed by atoms with Gasteiger partial charge in [0, 0.05) is 18.9 Å². The Labute approximate surface area is 149 Å². The van der Waals surface area contributed by atoms with E-state index in [1.807, 2.05) is 45.8 Å². The highest BCUT2D eigenvalue weighted by Gasteiger charge is 2.27. The van der Waals surface area contributed by atoms with Gasteiger partial charge in [0.25, 0.3) is 0 Å². The van der Waals surface area contributed by atoms with Gasteiger partial charge in [-0.3, -0.25) is 0 Å². The minimum atomic E-state index is -1.66. The van der Waals surface area contributed by atoms with E-state index in [1.165, 1.54) is 23.0 Å². The Morgan fingerprint density at radius 2 is 1.60 bits per heavy atom. The van der Waals surface area contributed by atoms with Crippen molar-refractivity contribution in [2.75, 3.05) is 18.8 Å². The highest BCUT2D eigenvalue weighted by Crippen LogP contribution is 2.76. The first-order valence-corrected chi connectivity index (χ1v) is 16.2. The van der Waals surface area contributed by atoms with Crippen LogP contribution in [0.2, 0.25) is 0 Å². The molecule has 0 spiro atoms. The molecule has 3 rings (SSSR count). The molecule has 0 amide bonds. The molecular formula is C14H19IS5. The number of thiophene rings is 3. The van der Waals surface area contributed by atoms with Crippen molar-refractivity contribution in [2.24, 2.45) is 0 Å². The maximum Gasteiger partial charge on any atom is 0.0641 e. The Hall–Kier alpha value is 1.05. The average molecular weight is 475 g/mol. The molecule has 6 heteroatoms. The van der Waals surface area contributed by atoms with Crippen molar-refractivity contribution in [3.63, 3.8) is 0 Å². The smallest absolute Gasteiger partial charge is 0.0641 e. The van der Waals surface area contributed by atoms with Gasteiger partial charge in [0.15, 0.2) is 0 Å². The molecule has 0 radical (unpaired) electrons. The second-order valence-corrected chi connectivity index (χ2v) is 27.6. The Morgan fingerprint density at radius 3 is 2.20 bits per heavy atom. The summed E-state index contributed by atoms with van der Waals surface area (Å²) >= 11 is 10.7. The van der Waals surface area contributed by atoms with Crippen LogP contribution in [-0.2, 0) is 0 Å². The molecule has 0 aromatic carbocycles. The van der Waals surface area contributed by atoms with Crippen LogP contribution in [0.5, 0.6) is 0 Å². The van der Waals surface area contributed by atoms with Gasteiger partial charge in [-0.25, -0.2) is 6.33 Å². The van der Waals surface area contributed by atoms with Crippen LogP contribution in [0.3, 0.4) is 0 Å². The molecular weight excluding hydrogens is 455 g/mol. The first-order chi connectivity index (χ1) is 9.10. The van der Waals surface area contributed by atoms with Crippen LogP contribution < -0.4 is 0 Å². The topological polar surface area (TPSA) is 0 Å². The molecule has 0 bridgehead atoms. The van der Waals surface area contributed by atoms with Gasteiger partial charge >= 0.3 is 0 Å². The van der Waals surface area contributed by atoms with Crippen LogP contribution in [0.15, 0.2) is 20.6 Å². The number of thioether (sulfide) groups is 1. The predicted molar refractivity (Wildman–Crippen MR) is 115 cm³/mol. The number of fused-ring (bicyclic) bond motifs is 3. The predicted octanol–water partition coefficient (Wildman–Crippen LogP) is 7.35. The number of hydrogen-bond donors (Lipinski definition) is 1. The average Bonchev–Trinajstić information content (AvgIpc) is 2.83. The molecule has 0 N–H and O–H groups in total. The summed E-state index contributed by atoms with van der Waals surface area (Å²) in [6.07, 6.45) is 5.65. The SMILES string of the molecule is CC(C)Sc1cc2sc3cc([SH](C)(C)(C)I)sc3c2s1. The maximum absolute atomic E-state index is 2.70. The summed E-state index contributed by atoms with van der Waals surface area (Å²) < 4.78 is 9.07. The fourth-order valence-electron chi connectivity index (χ4n) is 1.96. The van der Waals surface area contributed by atoms with E-state index >= 15 is 0 Å². The van der Waals surface area contributed by atoms with Gasteiger partial charge < -0.3 is 0 Å². The Morgan fingerprint density at radius 1 is 1.00 bits per heavy atom. The van der Waals surface area contributed by atoms with E-state index in [1.54, 1.807) is 4.21 Å². The van der Waals surface area contributed by atoms with Crippen molar-refractivity contribution < 1.29 is 0 Å². The zero-order valence-electron chi connectivity index (χ0n) is 12.2. The molecule has 0 atom stereocenters. The third kappa shape index (κ3) is 3.06. The quantitative estimate of drug-likeness (QED) is 0.235. The largest absolute Gasteiger partial charge is 0.219 e. The van der Waals surface area contributed by atoms with Gasteiger partial charge in [-0.15, -0.1) is 45.8 Å². The lowest BCUT2D eigenvalue weighted by molar-refractivity contribution is 1.11. The summed E-state index contributed by atoms with van der Waals surface area (Å²) in [5.41, 5.74) is 0. The first-order valence-electron chi connectivity index (χ1n) is 6.46. The number of halogens is 1. The van der Waals surface area contributed by atoms with E-state index in [-0.39, 0.29) is 0 Å². The molecule has 0 unspecified atom stereocenters. The highest BCUT2D eigenvalue weighted by molar-refractivity contribution is 14.2. The molecule has 112 valence electrons. The van der Waals surface area contributed by atoms with Crippen molar-refractivity contribution in [1.82, 2.24) is 0 Å². The summed E-state index contributed by atoms with van der Waals surface area (Å²) in [5.74, 6) is 0. The van der Waals surface area contributed by atoms with Crippen molar-refractivity contribution >= 4 is 92.1 Å². The van der Waals surface area contributed by atoms with Crippen LogP contribution in [0.1, 0.15) is 13.8 Å². The van der Waals surface area contributed by atoms with Crippen LogP contribution >= 0.6 is 73.3 Å². The summed E-state index contributed by atoms with van der Waals surface area (Å²) in [5, 5.41) is 0.663. The van der Waals surface area contributed by atoms with Gasteiger partial charge in [0.2, 0.25) is 0 Å². The van der Waals surface area contributed by atoms with Gasteiger partial charge in [0.1, 0.15) is 0 Å². The summed E-state index contributed by atoms with van der Waals surface area (Å²) in [6.45, 7) is 4.53. The van der Waals surface area contributed by atoms with Crippen molar-refractivity contribution in [3.8, 4) is 0 Å². The number of rotatable bonds is 3. The van der Waals surface area contributed by atoms with Crippen molar-refractivity contribution in [3.05, 3.63) is 12.1 Å². The molecule has 0 aliphatic rings. The molecule has 20 heavy (non-hydrogen) atoms. The van der Waals surface area contributed by atoms with E-state index in [0.717, 1.165) is 0 Å². The Balaban J connectivity index is 2.14. The van der Waals surface area contributed by atoms with Gasteiger partial charge in [-0.05, 0) is 52.1 Å². The van der Waals surface area contributed by atoms with E-state index < -0.39 is 6.33 Å².